The zero-order chi connectivity index (χ0) is 16.6. The van der Waals surface area contributed by atoms with Crippen LogP contribution in [0.15, 0.2) is 59.6 Å². The van der Waals surface area contributed by atoms with E-state index in [0.717, 1.165) is 9.36 Å². The van der Waals surface area contributed by atoms with Gasteiger partial charge in [0, 0.05) is 11.6 Å². The van der Waals surface area contributed by atoms with E-state index in [1.165, 1.54) is 30.5 Å². The monoisotopic (exact) mass is 443 g/mol. The van der Waals surface area contributed by atoms with Gasteiger partial charge in [0.05, 0.1) is 16.0 Å². The number of halogens is 1. The molecule has 3 aromatic rings. The van der Waals surface area contributed by atoms with Gasteiger partial charge in [0.25, 0.3) is 10.0 Å². The molecule has 0 fully saturated rings. The van der Waals surface area contributed by atoms with Crippen molar-refractivity contribution < 1.29 is 21.4 Å². The van der Waals surface area contributed by atoms with Gasteiger partial charge in [-0.15, -0.1) is 0 Å². The molecule has 1 N–H and O–H groups in total. The Bertz CT molecular complexity index is 992. The number of benzene rings is 2. The summed E-state index contributed by atoms with van der Waals surface area (Å²) >= 11 is 1.75. The molecular formula is C15H10INO5S. The molecule has 1 aromatic heterocycles. The van der Waals surface area contributed by atoms with Crippen LogP contribution >= 0.6 is 23.0 Å². The van der Waals surface area contributed by atoms with Crippen molar-refractivity contribution in [1.82, 2.24) is 3.97 Å². The zero-order valence-electron chi connectivity index (χ0n) is 11.5. The van der Waals surface area contributed by atoms with E-state index in [4.69, 9.17) is 8.17 Å². The summed E-state index contributed by atoms with van der Waals surface area (Å²) in [5.74, 6) is -0.481. The lowest BCUT2D eigenvalue weighted by Gasteiger charge is -2.08. The first-order valence-electron chi connectivity index (χ1n) is 6.42. The second-order valence-corrected chi connectivity index (χ2v) is 7.00. The first kappa shape index (κ1) is 15.8. The standard InChI is InChI=1S/C15H10INO5S/c16-22-12-3-6-14-11(9-12)7-8-17(14)23(20,21)13-4-1-10(2-5-13)15(18)19/h1-9H,(H,18,19). The number of hydrogen-bond donors (Lipinski definition) is 1. The number of carbonyl (C=O) groups is 1. The SMILES string of the molecule is O=C(O)c1ccc(S(=O)(=O)n2ccc3cc(OI)ccc32)cc1. The van der Waals surface area contributed by atoms with Gasteiger partial charge in [0.15, 0.2) is 23.0 Å². The Labute approximate surface area is 146 Å². The molecule has 118 valence electrons. The largest absolute Gasteiger partial charge is 0.478 e. The molecule has 0 saturated carbocycles. The third-order valence-corrected chi connectivity index (χ3v) is 5.59. The average Bonchev–Trinajstić information content (AvgIpc) is 2.98. The first-order valence-corrected chi connectivity index (χ1v) is 8.74. The summed E-state index contributed by atoms with van der Waals surface area (Å²) in [6.45, 7) is 0. The maximum atomic E-state index is 12.7. The van der Waals surface area contributed by atoms with Crippen molar-refractivity contribution in [3.8, 4) is 5.75 Å². The van der Waals surface area contributed by atoms with Crippen LogP contribution in [0.2, 0.25) is 0 Å². The second-order valence-electron chi connectivity index (χ2n) is 4.74. The predicted octanol–water partition coefficient (Wildman–Crippen LogP) is 3.31. The highest BCUT2D eigenvalue weighted by Crippen LogP contribution is 2.26. The summed E-state index contributed by atoms with van der Waals surface area (Å²) in [5.41, 5.74) is 0.551. The van der Waals surface area contributed by atoms with E-state index in [9.17, 15) is 13.2 Å². The van der Waals surface area contributed by atoms with E-state index in [-0.39, 0.29) is 10.5 Å². The average molecular weight is 443 g/mol. The van der Waals surface area contributed by atoms with E-state index >= 15 is 0 Å². The van der Waals surface area contributed by atoms with Gasteiger partial charge in [-0.3, -0.25) is 0 Å². The molecule has 3 rings (SSSR count). The van der Waals surface area contributed by atoms with Gasteiger partial charge < -0.3 is 8.17 Å². The molecule has 0 saturated heterocycles. The van der Waals surface area contributed by atoms with Crippen molar-refractivity contribution in [1.29, 1.82) is 0 Å². The van der Waals surface area contributed by atoms with Crippen molar-refractivity contribution in [2.45, 2.75) is 4.90 Å². The smallest absolute Gasteiger partial charge is 0.335 e. The number of nitrogens with zero attached hydrogens (tertiary/aromatic N) is 1. The fourth-order valence-electron chi connectivity index (χ4n) is 2.24. The molecule has 23 heavy (non-hydrogen) atoms. The number of aromatic nitrogens is 1. The van der Waals surface area contributed by atoms with Gasteiger partial charge in [-0.05, 0) is 48.5 Å². The molecule has 0 bridgehead atoms. The van der Waals surface area contributed by atoms with Gasteiger partial charge in [-0.2, -0.15) is 0 Å². The molecule has 0 radical (unpaired) electrons. The van der Waals surface area contributed by atoms with Crippen molar-refractivity contribution in [2.75, 3.05) is 0 Å². The van der Waals surface area contributed by atoms with Crippen LogP contribution in [0.5, 0.6) is 5.75 Å². The minimum absolute atomic E-state index is 0.0224. The van der Waals surface area contributed by atoms with Crippen LogP contribution in [0.4, 0.5) is 0 Å². The highest BCUT2D eigenvalue weighted by molar-refractivity contribution is 14.1. The van der Waals surface area contributed by atoms with E-state index in [1.807, 2.05) is 0 Å². The Morgan fingerprint density at radius 1 is 1.09 bits per heavy atom. The Morgan fingerprint density at radius 2 is 1.78 bits per heavy atom. The number of carboxylic acids is 1. The minimum Gasteiger partial charge on any atom is -0.478 e. The first-order chi connectivity index (χ1) is 10.9. The molecule has 0 atom stereocenters. The normalized spacial score (nSPS) is 11.5. The molecule has 1 heterocycles. The topological polar surface area (TPSA) is 85.6 Å². The number of rotatable bonds is 4. The second kappa shape index (κ2) is 5.85. The third-order valence-electron chi connectivity index (χ3n) is 3.37. The molecular weight excluding hydrogens is 433 g/mol. The lowest BCUT2D eigenvalue weighted by molar-refractivity contribution is 0.0696. The van der Waals surface area contributed by atoms with E-state index in [2.05, 4.69) is 0 Å². The van der Waals surface area contributed by atoms with Crippen molar-refractivity contribution in [3.05, 3.63) is 60.3 Å². The van der Waals surface area contributed by atoms with Crippen molar-refractivity contribution in [2.24, 2.45) is 0 Å². The molecule has 0 unspecified atom stereocenters. The molecule has 0 amide bonds. The van der Waals surface area contributed by atoms with E-state index in [0.29, 0.717) is 11.3 Å². The number of hydrogen-bond acceptors (Lipinski definition) is 4. The third kappa shape index (κ3) is 2.79. The summed E-state index contributed by atoms with van der Waals surface area (Å²) in [4.78, 5) is 10.9. The number of carboxylic acid groups (broad SMARTS) is 1. The highest BCUT2D eigenvalue weighted by atomic mass is 127. The Balaban J connectivity index is 2.11. The van der Waals surface area contributed by atoms with E-state index < -0.39 is 16.0 Å². The number of fused-ring (bicyclic) bond motifs is 1. The van der Waals surface area contributed by atoms with Crippen LogP contribution in [0, 0.1) is 0 Å². The molecule has 0 aliphatic carbocycles. The van der Waals surface area contributed by atoms with Crippen molar-refractivity contribution >= 4 is 49.9 Å². The fraction of sp³-hybridized carbons (Fsp3) is 0. The Morgan fingerprint density at radius 3 is 2.39 bits per heavy atom. The van der Waals surface area contributed by atoms with Gasteiger partial charge in [0.2, 0.25) is 0 Å². The summed E-state index contributed by atoms with van der Waals surface area (Å²) in [5, 5.41) is 9.61. The zero-order valence-corrected chi connectivity index (χ0v) is 14.5. The Hall–Kier alpha value is -2.07. The summed E-state index contributed by atoms with van der Waals surface area (Å²) in [6.07, 6.45) is 1.46. The maximum Gasteiger partial charge on any atom is 0.335 e. The lowest BCUT2D eigenvalue weighted by atomic mass is 10.2. The van der Waals surface area contributed by atoms with Gasteiger partial charge >= 0.3 is 5.97 Å². The van der Waals surface area contributed by atoms with Gasteiger partial charge in [-0.25, -0.2) is 17.2 Å². The minimum atomic E-state index is -3.80. The summed E-state index contributed by atoms with van der Waals surface area (Å²) < 4.78 is 31.7. The Kier molecular flexibility index (Phi) is 4.02. The van der Waals surface area contributed by atoms with Crippen LogP contribution < -0.4 is 3.07 Å². The molecule has 2 aromatic carbocycles. The maximum absolute atomic E-state index is 12.7. The van der Waals surface area contributed by atoms with Crippen molar-refractivity contribution in [3.63, 3.8) is 0 Å². The van der Waals surface area contributed by atoms with Gasteiger partial charge in [0.1, 0.15) is 5.75 Å². The molecule has 0 aliphatic heterocycles. The van der Waals surface area contributed by atoms with Crippen LogP contribution in [0.3, 0.4) is 0 Å². The van der Waals surface area contributed by atoms with E-state index in [1.54, 1.807) is 47.3 Å². The molecule has 0 spiro atoms. The molecule has 6 nitrogen and oxygen atoms in total. The summed E-state index contributed by atoms with van der Waals surface area (Å²) in [6, 6.07) is 11.9. The van der Waals surface area contributed by atoms with Crippen LogP contribution in [-0.2, 0) is 10.0 Å². The molecule has 0 aliphatic rings. The lowest BCUT2D eigenvalue weighted by Crippen LogP contribution is -2.12. The summed E-state index contributed by atoms with van der Waals surface area (Å²) in [7, 11) is -3.80. The van der Waals surface area contributed by atoms with Crippen LogP contribution in [0.25, 0.3) is 10.9 Å². The van der Waals surface area contributed by atoms with Crippen LogP contribution in [-0.4, -0.2) is 23.5 Å². The fourth-order valence-corrected chi connectivity index (χ4v) is 3.86. The highest BCUT2D eigenvalue weighted by Gasteiger charge is 2.19. The quantitative estimate of drug-likeness (QED) is 0.626. The molecule has 8 heteroatoms. The predicted molar refractivity (Wildman–Crippen MR) is 92.6 cm³/mol. The van der Waals surface area contributed by atoms with Gasteiger partial charge in [-0.1, -0.05) is 0 Å². The van der Waals surface area contributed by atoms with Crippen LogP contribution in [0.1, 0.15) is 10.4 Å². The number of aromatic carboxylic acids is 1.